The van der Waals surface area contributed by atoms with Gasteiger partial charge in [-0.15, -0.1) is 0 Å². The SMILES string of the molecule is Cc1ccc(C(C)(C)CC(=O)N2C[C@@H](CN)[C@H](c3ccccc3)C2)cc1. The van der Waals surface area contributed by atoms with Crippen LogP contribution in [-0.4, -0.2) is 30.4 Å². The molecule has 2 atom stereocenters. The van der Waals surface area contributed by atoms with Gasteiger partial charge in [-0.3, -0.25) is 4.79 Å². The zero-order chi connectivity index (χ0) is 18.7. The predicted molar refractivity (Wildman–Crippen MR) is 107 cm³/mol. The van der Waals surface area contributed by atoms with E-state index in [9.17, 15) is 4.79 Å². The van der Waals surface area contributed by atoms with Crippen molar-refractivity contribution < 1.29 is 4.79 Å². The summed E-state index contributed by atoms with van der Waals surface area (Å²) < 4.78 is 0. The van der Waals surface area contributed by atoms with Gasteiger partial charge >= 0.3 is 0 Å². The number of nitrogens with zero attached hydrogens (tertiary/aromatic N) is 1. The minimum Gasteiger partial charge on any atom is -0.342 e. The second-order valence-electron chi connectivity index (χ2n) is 8.24. The van der Waals surface area contributed by atoms with Crippen molar-refractivity contribution in [3.8, 4) is 0 Å². The fourth-order valence-corrected chi connectivity index (χ4v) is 3.99. The molecule has 2 aromatic carbocycles. The van der Waals surface area contributed by atoms with Crippen molar-refractivity contribution in [2.24, 2.45) is 11.7 Å². The van der Waals surface area contributed by atoms with Gasteiger partial charge in [0.05, 0.1) is 0 Å². The van der Waals surface area contributed by atoms with Crippen molar-refractivity contribution >= 4 is 5.91 Å². The summed E-state index contributed by atoms with van der Waals surface area (Å²) in [6, 6.07) is 19.0. The molecular weight excluding hydrogens is 320 g/mol. The van der Waals surface area contributed by atoms with Crippen LogP contribution in [0.3, 0.4) is 0 Å². The minimum absolute atomic E-state index is 0.173. The molecular formula is C23H30N2O. The molecule has 2 aromatic rings. The van der Waals surface area contributed by atoms with E-state index in [4.69, 9.17) is 5.73 Å². The summed E-state index contributed by atoms with van der Waals surface area (Å²) in [5, 5.41) is 0. The summed E-state index contributed by atoms with van der Waals surface area (Å²) in [6.45, 7) is 8.54. The molecule has 3 nitrogen and oxygen atoms in total. The number of likely N-dealkylation sites (tertiary alicyclic amines) is 1. The van der Waals surface area contributed by atoms with Crippen LogP contribution in [0.2, 0.25) is 0 Å². The van der Waals surface area contributed by atoms with E-state index in [1.54, 1.807) is 0 Å². The number of carbonyl (C=O) groups excluding carboxylic acids is 1. The molecule has 2 N–H and O–H groups in total. The highest BCUT2D eigenvalue weighted by molar-refractivity contribution is 5.78. The van der Waals surface area contributed by atoms with Crippen LogP contribution in [0.15, 0.2) is 54.6 Å². The zero-order valence-corrected chi connectivity index (χ0v) is 16.1. The van der Waals surface area contributed by atoms with Gasteiger partial charge in [0.15, 0.2) is 0 Å². The van der Waals surface area contributed by atoms with Crippen molar-refractivity contribution in [1.29, 1.82) is 0 Å². The summed E-state index contributed by atoms with van der Waals surface area (Å²) in [5.41, 5.74) is 9.59. The number of nitrogens with two attached hydrogens (primary N) is 1. The number of hydrogen-bond acceptors (Lipinski definition) is 2. The van der Waals surface area contributed by atoms with Crippen molar-refractivity contribution in [1.82, 2.24) is 4.90 Å². The lowest BCUT2D eigenvalue weighted by atomic mass is 9.81. The highest BCUT2D eigenvalue weighted by Gasteiger charge is 2.37. The van der Waals surface area contributed by atoms with Crippen LogP contribution < -0.4 is 5.73 Å². The average Bonchev–Trinajstić information content (AvgIpc) is 3.07. The third kappa shape index (κ3) is 3.99. The molecule has 0 bridgehead atoms. The van der Waals surface area contributed by atoms with Crippen molar-refractivity contribution in [2.45, 2.75) is 38.5 Å². The lowest BCUT2D eigenvalue weighted by Crippen LogP contribution is -2.34. The van der Waals surface area contributed by atoms with Gasteiger partial charge in [0.25, 0.3) is 0 Å². The van der Waals surface area contributed by atoms with Gasteiger partial charge in [-0.05, 0) is 35.9 Å². The number of amides is 1. The first-order chi connectivity index (χ1) is 12.4. The van der Waals surface area contributed by atoms with Crippen LogP contribution in [0.5, 0.6) is 0 Å². The van der Waals surface area contributed by atoms with Gasteiger partial charge in [0.1, 0.15) is 0 Å². The summed E-state index contributed by atoms with van der Waals surface area (Å²) in [7, 11) is 0. The molecule has 1 aliphatic rings. The standard InChI is InChI=1S/C23H30N2O/c1-17-9-11-20(12-10-17)23(2,3)13-22(26)25-15-19(14-24)21(16-25)18-7-5-4-6-8-18/h4-12,19,21H,13-16,24H2,1-3H3/t19-,21+/m1/s1. The van der Waals surface area contributed by atoms with Crippen LogP contribution in [0.1, 0.15) is 42.9 Å². The van der Waals surface area contributed by atoms with Gasteiger partial charge in [0.2, 0.25) is 5.91 Å². The van der Waals surface area contributed by atoms with E-state index in [1.807, 2.05) is 11.0 Å². The fraction of sp³-hybridized carbons (Fsp3) is 0.435. The smallest absolute Gasteiger partial charge is 0.223 e. The molecule has 0 saturated carbocycles. The molecule has 1 aliphatic heterocycles. The lowest BCUT2D eigenvalue weighted by Gasteiger charge is -2.28. The molecule has 3 rings (SSSR count). The molecule has 1 fully saturated rings. The molecule has 0 spiro atoms. The molecule has 0 aliphatic carbocycles. The Morgan fingerprint density at radius 2 is 1.73 bits per heavy atom. The summed E-state index contributed by atoms with van der Waals surface area (Å²) in [6.07, 6.45) is 0.523. The van der Waals surface area contributed by atoms with Gasteiger partial charge in [-0.2, -0.15) is 0 Å². The Hall–Kier alpha value is -2.13. The van der Waals surface area contributed by atoms with Crippen LogP contribution in [0.25, 0.3) is 0 Å². The first-order valence-corrected chi connectivity index (χ1v) is 9.50. The Morgan fingerprint density at radius 3 is 2.35 bits per heavy atom. The Bertz CT molecular complexity index is 737. The quantitative estimate of drug-likeness (QED) is 0.890. The minimum atomic E-state index is -0.173. The Morgan fingerprint density at radius 1 is 1.08 bits per heavy atom. The monoisotopic (exact) mass is 350 g/mol. The molecule has 138 valence electrons. The molecule has 1 heterocycles. The molecule has 1 amide bonds. The third-order valence-electron chi connectivity index (χ3n) is 5.75. The maximum atomic E-state index is 13.0. The number of benzene rings is 2. The number of carbonyl (C=O) groups is 1. The van der Waals surface area contributed by atoms with Crippen molar-refractivity contribution in [3.63, 3.8) is 0 Å². The van der Waals surface area contributed by atoms with Crippen LogP contribution in [-0.2, 0) is 10.2 Å². The van der Waals surface area contributed by atoms with E-state index in [1.165, 1.54) is 16.7 Å². The zero-order valence-electron chi connectivity index (χ0n) is 16.1. The maximum absolute atomic E-state index is 13.0. The van der Waals surface area contributed by atoms with E-state index in [0.29, 0.717) is 24.8 Å². The van der Waals surface area contributed by atoms with E-state index in [2.05, 4.69) is 69.3 Å². The summed E-state index contributed by atoms with van der Waals surface area (Å²) in [4.78, 5) is 15.0. The fourth-order valence-electron chi connectivity index (χ4n) is 3.99. The number of hydrogen-bond donors (Lipinski definition) is 1. The number of rotatable bonds is 5. The molecule has 26 heavy (non-hydrogen) atoms. The lowest BCUT2D eigenvalue weighted by molar-refractivity contribution is -0.131. The maximum Gasteiger partial charge on any atom is 0.223 e. The van der Waals surface area contributed by atoms with Crippen LogP contribution in [0, 0.1) is 12.8 Å². The summed E-state index contributed by atoms with van der Waals surface area (Å²) in [5.74, 6) is 0.906. The molecule has 0 radical (unpaired) electrons. The van der Waals surface area contributed by atoms with Gasteiger partial charge in [-0.1, -0.05) is 74.0 Å². The summed E-state index contributed by atoms with van der Waals surface area (Å²) >= 11 is 0. The molecule has 0 aromatic heterocycles. The van der Waals surface area contributed by atoms with Gasteiger partial charge in [-0.25, -0.2) is 0 Å². The van der Waals surface area contributed by atoms with Crippen LogP contribution in [0.4, 0.5) is 0 Å². The van der Waals surface area contributed by atoms with Crippen LogP contribution >= 0.6 is 0 Å². The van der Waals surface area contributed by atoms with Gasteiger partial charge in [0, 0.05) is 25.4 Å². The topological polar surface area (TPSA) is 46.3 Å². The molecule has 1 saturated heterocycles. The average molecular weight is 351 g/mol. The normalized spacial score (nSPS) is 20.4. The second kappa shape index (κ2) is 7.63. The van der Waals surface area contributed by atoms with Crippen molar-refractivity contribution in [3.05, 3.63) is 71.3 Å². The first kappa shape index (κ1) is 18.7. The van der Waals surface area contributed by atoms with E-state index in [-0.39, 0.29) is 11.3 Å². The second-order valence-corrected chi connectivity index (χ2v) is 8.24. The Balaban J connectivity index is 1.71. The Kier molecular flexibility index (Phi) is 5.47. The molecule has 3 heteroatoms. The third-order valence-corrected chi connectivity index (χ3v) is 5.75. The van der Waals surface area contributed by atoms with E-state index in [0.717, 1.165) is 13.1 Å². The van der Waals surface area contributed by atoms with E-state index >= 15 is 0 Å². The highest BCUT2D eigenvalue weighted by Crippen LogP contribution is 2.34. The van der Waals surface area contributed by atoms with E-state index < -0.39 is 0 Å². The highest BCUT2D eigenvalue weighted by atomic mass is 16.2. The Labute approximate surface area is 157 Å². The molecule has 0 unspecified atom stereocenters. The number of aryl methyl sites for hydroxylation is 1. The van der Waals surface area contributed by atoms with Gasteiger partial charge < -0.3 is 10.6 Å². The largest absolute Gasteiger partial charge is 0.342 e. The predicted octanol–water partition coefficient (Wildman–Crippen LogP) is 3.86. The van der Waals surface area contributed by atoms with Crippen molar-refractivity contribution in [2.75, 3.05) is 19.6 Å². The first-order valence-electron chi connectivity index (χ1n) is 9.50.